The van der Waals surface area contributed by atoms with E-state index in [4.69, 9.17) is 23.7 Å². The summed E-state index contributed by atoms with van der Waals surface area (Å²) >= 11 is 0. The predicted molar refractivity (Wildman–Crippen MR) is 107 cm³/mol. The van der Waals surface area contributed by atoms with E-state index in [1.54, 1.807) is 20.3 Å². The molecule has 0 aromatic heterocycles. The summed E-state index contributed by atoms with van der Waals surface area (Å²) in [5.41, 5.74) is 4.23. The van der Waals surface area contributed by atoms with Gasteiger partial charge in [0.2, 0.25) is 0 Å². The van der Waals surface area contributed by atoms with Crippen molar-refractivity contribution in [3.63, 3.8) is 0 Å². The Morgan fingerprint density at radius 2 is 1.61 bits per heavy atom. The van der Waals surface area contributed by atoms with E-state index >= 15 is 0 Å². The van der Waals surface area contributed by atoms with Crippen LogP contribution in [0.4, 0.5) is 0 Å². The van der Waals surface area contributed by atoms with Crippen LogP contribution in [-0.4, -0.2) is 47.3 Å². The molecule has 0 heterocycles. The molecule has 0 aliphatic heterocycles. The van der Waals surface area contributed by atoms with Crippen molar-refractivity contribution in [1.82, 2.24) is 0 Å². The lowest BCUT2D eigenvalue weighted by Crippen LogP contribution is -2.12. The van der Waals surface area contributed by atoms with E-state index in [0.717, 1.165) is 22.3 Å². The number of hydrogen-bond donors (Lipinski definition) is 0. The Balaban J connectivity index is 2.78. The lowest BCUT2D eigenvalue weighted by molar-refractivity contribution is 0.0457. The van der Waals surface area contributed by atoms with E-state index < -0.39 is 0 Å². The monoisotopic (exact) mass is 388 g/mol. The Bertz CT molecular complexity index is 800. The highest BCUT2D eigenvalue weighted by molar-refractivity contribution is 6.01. The van der Waals surface area contributed by atoms with Gasteiger partial charge in [-0.3, -0.25) is 4.79 Å². The average Bonchev–Trinajstić information content (AvgIpc) is 2.68. The fraction of sp³-hybridized carbons (Fsp3) is 0.409. The second kappa shape index (κ2) is 10.8. The molecule has 2 rings (SSSR count). The molecule has 0 N–H and O–H groups in total. The van der Waals surface area contributed by atoms with Gasteiger partial charge in [-0.25, -0.2) is 0 Å². The highest BCUT2D eigenvalue weighted by Crippen LogP contribution is 2.41. The standard InChI is InChI=1S/C22H28O6/c1-15-7-6-8-17(11-15)22-18(9-10-24-3)21(16(2)23)19(27-13-25-4)12-20(22)28-14-26-5/h6-8,11-12H,9-10,13-14H2,1-5H3. The van der Waals surface area contributed by atoms with Crippen LogP contribution in [0.5, 0.6) is 11.5 Å². The summed E-state index contributed by atoms with van der Waals surface area (Å²) in [6, 6.07) is 9.79. The first-order chi connectivity index (χ1) is 13.5. The zero-order chi connectivity index (χ0) is 20.5. The van der Waals surface area contributed by atoms with Gasteiger partial charge in [-0.15, -0.1) is 0 Å². The van der Waals surface area contributed by atoms with Crippen LogP contribution in [0.1, 0.15) is 28.4 Å². The molecule has 6 nitrogen and oxygen atoms in total. The van der Waals surface area contributed by atoms with Crippen LogP contribution >= 0.6 is 0 Å². The largest absolute Gasteiger partial charge is 0.467 e. The van der Waals surface area contributed by atoms with Crippen molar-refractivity contribution in [3.05, 3.63) is 47.0 Å². The molecular formula is C22H28O6. The van der Waals surface area contributed by atoms with Gasteiger partial charge in [0.05, 0.1) is 12.2 Å². The van der Waals surface area contributed by atoms with Crippen molar-refractivity contribution in [1.29, 1.82) is 0 Å². The van der Waals surface area contributed by atoms with Crippen LogP contribution < -0.4 is 9.47 Å². The van der Waals surface area contributed by atoms with E-state index in [1.807, 2.05) is 25.1 Å². The van der Waals surface area contributed by atoms with Gasteiger partial charge < -0.3 is 23.7 Å². The van der Waals surface area contributed by atoms with Gasteiger partial charge in [0, 0.05) is 33.0 Å². The van der Waals surface area contributed by atoms with Crippen LogP contribution in [0, 0.1) is 6.92 Å². The first-order valence-corrected chi connectivity index (χ1v) is 9.03. The highest BCUT2D eigenvalue weighted by atomic mass is 16.7. The summed E-state index contributed by atoms with van der Waals surface area (Å²) in [6.45, 7) is 4.11. The topological polar surface area (TPSA) is 63.2 Å². The minimum absolute atomic E-state index is 0.0253. The fourth-order valence-corrected chi connectivity index (χ4v) is 3.12. The quantitative estimate of drug-likeness (QED) is 0.428. The van der Waals surface area contributed by atoms with E-state index in [1.165, 1.54) is 14.0 Å². The molecule has 0 fully saturated rings. The maximum absolute atomic E-state index is 12.6. The molecule has 0 aliphatic carbocycles. The van der Waals surface area contributed by atoms with Crippen molar-refractivity contribution in [2.75, 3.05) is 41.5 Å². The zero-order valence-corrected chi connectivity index (χ0v) is 17.2. The number of benzene rings is 2. The SMILES string of the molecule is COCCc1c(C(C)=O)c(OCOC)cc(OCOC)c1-c1cccc(C)c1. The average molecular weight is 388 g/mol. The summed E-state index contributed by atoms with van der Waals surface area (Å²) in [5.74, 6) is 0.905. The Hall–Kier alpha value is -2.41. The van der Waals surface area contributed by atoms with Gasteiger partial charge in [0.1, 0.15) is 11.5 Å². The Labute approximate surface area is 166 Å². The minimum Gasteiger partial charge on any atom is -0.467 e. The van der Waals surface area contributed by atoms with Gasteiger partial charge in [0.15, 0.2) is 19.4 Å². The molecule has 0 atom stereocenters. The number of methoxy groups -OCH3 is 3. The Morgan fingerprint density at radius 3 is 2.18 bits per heavy atom. The van der Waals surface area contributed by atoms with Crippen LogP contribution in [0.3, 0.4) is 0 Å². The number of aryl methyl sites for hydroxylation is 1. The molecule has 0 bridgehead atoms. The molecule has 152 valence electrons. The molecule has 0 aliphatic rings. The number of hydrogen-bond acceptors (Lipinski definition) is 6. The summed E-state index contributed by atoms with van der Waals surface area (Å²) in [6.07, 6.45) is 0.530. The van der Waals surface area contributed by atoms with Crippen LogP contribution in [-0.2, 0) is 20.6 Å². The molecule has 0 spiro atoms. The number of Topliss-reactive ketones (excluding diaryl/α,β-unsaturated/α-hetero) is 1. The molecule has 0 saturated carbocycles. The van der Waals surface area contributed by atoms with Crippen molar-refractivity contribution in [2.45, 2.75) is 20.3 Å². The molecule has 6 heteroatoms. The maximum Gasteiger partial charge on any atom is 0.188 e. The first-order valence-electron chi connectivity index (χ1n) is 9.03. The molecule has 0 unspecified atom stereocenters. The molecule has 28 heavy (non-hydrogen) atoms. The number of ketones is 1. The van der Waals surface area contributed by atoms with Crippen molar-refractivity contribution in [2.24, 2.45) is 0 Å². The second-order valence-electron chi connectivity index (χ2n) is 6.37. The lowest BCUT2D eigenvalue weighted by atomic mass is 9.89. The van der Waals surface area contributed by atoms with Crippen LogP contribution in [0.2, 0.25) is 0 Å². The normalized spacial score (nSPS) is 10.8. The lowest BCUT2D eigenvalue weighted by Gasteiger charge is -2.22. The Kier molecular flexibility index (Phi) is 8.44. The van der Waals surface area contributed by atoms with Crippen molar-refractivity contribution >= 4 is 5.78 Å². The number of carbonyl (C=O) groups is 1. The van der Waals surface area contributed by atoms with E-state index in [2.05, 4.69) is 6.07 Å². The fourth-order valence-electron chi connectivity index (χ4n) is 3.12. The molecule has 2 aromatic rings. The van der Waals surface area contributed by atoms with Gasteiger partial charge in [0.25, 0.3) is 0 Å². The minimum atomic E-state index is -0.0931. The van der Waals surface area contributed by atoms with E-state index in [-0.39, 0.29) is 19.4 Å². The Morgan fingerprint density at radius 1 is 0.929 bits per heavy atom. The smallest absolute Gasteiger partial charge is 0.188 e. The summed E-state index contributed by atoms with van der Waals surface area (Å²) < 4.78 is 27.0. The third kappa shape index (κ3) is 5.32. The second-order valence-corrected chi connectivity index (χ2v) is 6.37. The van der Waals surface area contributed by atoms with E-state index in [0.29, 0.717) is 30.1 Å². The molecule has 0 amide bonds. The van der Waals surface area contributed by atoms with Gasteiger partial charge in [-0.1, -0.05) is 29.8 Å². The number of rotatable bonds is 11. The maximum atomic E-state index is 12.6. The van der Waals surface area contributed by atoms with E-state index in [9.17, 15) is 4.79 Å². The molecular weight excluding hydrogens is 360 g/mol. The number of carbonyl (C=O) groups excluding carboxylic acids is 1. The van der Waals surface area contributed by atoms with Crippen molar-refractivity contribution in [3.8, 4) is 22.6 Å². The van der Waals surface area contributed by atoms with Gasteiger partial charge in [-0.2, -0.15) is 0 Å². The zero-order valence-electron chi connectivity index (χ0n) is 17.2. The third-order valence-electron chi connectivity index (χ3n) is 4.24. The summed E-state index contributed by atoms with van der Waals surface area (Å²) in [4.78, 5) is 12.6. The first kappa shape index (κ1) is 21.9. The van der Waals surface area contributed by atoms with Gasteiger partial charge >= 0.3 is 0 Å². The van der Waals surface area contributed by atoms with Gasteiger partial charge in [-0.05, 0) is 31.4 Å². The predicted octanol–water partition coefficient (Wildman–Crippen LogP) is 4.02. The van der Waals surface area contributed by atoms with Crippen LogP contribution in [0.15, 0.2) is 30.3 Å². The molecule has 0 saturated heterocycles. The summed E-state index contributed by atoms with van der Waals surface area (Å²) in [7, 11) is 4.72. The van der Waals surface area contributed by atoms with Crippen LogP contribution in [0.25, 0.3) is 11.1 Å². The third-order valence-corrected chi connectivity index (χ3v) is 4.24. The highest BCUT2D eigenvalue weighted by Gasteiger charge is 2.24. The molecule has 2 aromatic carbocycles. The van der Waals surface area contributed by atoms with Crippen molar-refractivity contribution < 1.29 is 28.5 Å². The summed E-state index contributed by atoms with van der Waals surface area (Å²) in [5, 5.41) is 0. The molecule has 0 radical (unpaired) electrons. The number of ether oxygens (including phenoxy) is 5.